The zero-order valence-electron chi connectivity index (χ0n) is 13.6. The molecule has 0 radical (unpaired) electrons. The van der Waals surface area contributed by atoms with Gasteiger partial charge >= 0.3 is 12.0 Å². The average Bonchev–Trinajstić information content (AvgIpc) is 3.02. The molecule has 3 N–H and O–H groups in total. The second kappa shape index (κ2) is 7.38. The van der Waals surface area contributed by atoms with Crippen molar-refractivity contribution in [2.45, 2.75) is 31.6 Å². The van der Waals surface area contributed by atoms with Crippen molar-refractivity contribution in [2.75, 3.05) is 19.6 Å². The number of nitrogens with one attached hydrogen (secondary N) is 2. The third-order valence-electron chi connectivity index (χ3n) is 4.69. The molecule has 3 rings (SSSR count). The number of benzene rings is 1. The largest absolute Gasteiger partial charge is 0.481 e. The van der Waals surface area contributed by atoms with Gasteiger partial charge in [0.2, 0.25) is 0 Å². The number of carboxylic acid groups (broad SMARTS) is 1. The number of aromatic amines is 1. The van der Waals surface area contributed by atoms with Crippen molar-refractivity contribution < 1.29 is 14.7 Å². The van der Waals surface area contributed by atoms with Crippen LogP contribution < -0.4 is 5.32 Å². The molecule has 1 aliphatic heterocycles. The molecule has 0 unspecified atom stereocenters. The summed E-state index contributed by atoms with van der Waals surface area (Å²) >= 11 is 0. The summed E-state index contributed by atoms with van der Waals surface area (Å²) in [5, 5.41) is 12.7. The quantitative estimate of drug-likeness (QED) is 0.737. The van der Waals surface area contributed by atoms with E-state index in [4.69, 9.17) is 5.11 Å². The molecule has 6 nitrogen and oxygen atoms in total. The van der Waals surface area contributed by atoms with Crippen LogP contribution in [-0.2, 0) is 4.79 Å². The number of carbonyl (C=O) groups excluding carboxylic acids is 1. The van der Waals surface area contributed by atoms with E-state index >= 15 is 0 Å². The number of urea groups is 1. The van der Waals surface area contributed by atoms with Gasteiger partial charge in [0.1, 0.15) is 0 Å². The summed E-state index contributed by atoms with van der Waals surface area (Å²) < 4.78 is 0. The van der Waals surface area contributed by atoms with Gasteiger partial charge in [-0.15, -0.1) is 0 Å². The third-order valence-corrected chi connectivity index (χ3v) is 4.69. The number of likely N-dealkylation sites (tertiary alicyclic amines) is 1. The standard InChI is InChI=1S/C18H23N3O3/c22-17(23)6-3-9-19-18(24)21-10-7-13(8-11-21)15-12-20-16-5-2-1-4-14(15)16/h1-2,4-5,12-13,20H,3,6-11H2,(H,19,24)(H,22,23). The predicted octanol–water partition coefficient (Wildman–Crippen LogP) is 2.92. The van der Waals surface area contributed by atoms with Gasteiger partial charge in [0, 0.05) is 43.2 Å². The van der Waals surface area contributed by atoms with Crippen molar-refractivity contribution in [1.29, 1.82) is 0 Å². The molecular formula is C18H23N3O3. The fourth-order valence-electron chi connectivity index (χ4n) is 3.37. The number of piperidine rings is 1. The van der Waals surface area contributed by atoms with Crippen molar-refractivity contribution in [2.24, 2.45) is 0 Å². The van der Waals surface area contributed by atoms with Crippen LogP contribution >= 0.6 is 0 Å². The highest BCUT2D eigenvalue weighted by molar-refractivity contribution is 5.83. The number of hydrogen-bond acceptors (Lipinski definition) is 2. The van der Waals surface area contributed by atoms with Gasteiger partial charge in [0.15, 0.2) is 0 Å². The molecule has 6 heteroatoms. The number of carboxylic acids is 1. The lowest BCUT2D eigenvalue weighted by Crippen LogP contribution is -2.44. The second-order valence-corrected chi connectivity index (χ2v) is 6.28. The van der Waals surface area contributed by atoms with Crippen LogP contribution in [0.2, 0.25) is 0 Å². The van der Waals surface area contributed by atoms with E-state index < -0.39 is 5.97 Å². The van der Waals surface area contributed by atoms with E-state index in [1.807, 2.05) is 11.0 Å². The van der Waals surface area contributed by atoms with Crippen LogP contribution in [0.15, 0.2) is 30.5 Å². The van der Waals surface area contributed by atoms with Crippen LogP contribution in [0.5, 0.6) is 0 Å². The van der Waals surface area contributed by atoms with Gasteiger partial charge < -0.3 is 20.3 Å². The maximum Gasteiger partial charge on any atom is 0.317 e. The summed E-state index contributed by atoms with van der Waals surface area (Å²) in [7, 11) is 0. The van der Waals surface area contributed by atoms with E-state index in [1.54, 1.807) is 0 Å². The Morgan fingerprint density at radius 1 is 1.25 bits per heavy atom. The summed E-state index contributed by atoms with van der Waals surface area (Å²) in [6, 6.07) is 8.22. The topological polar surface area (TPSA) is 85.4 Å². The molecule has 1 aromatic carbocycles. The van der Waals surface area contributed by atoms with E-state index in [0.29, 0.717) is 18.9 Å². The number of nitrogens with zero attached hydrogens (tertiary/aromatic N) is 1. The fourth-order valence-corrected chi connectivity index (χ4v) is 3.37. The summed E-state index contributed by atoms with van der Waals surface area (Å²) in [6.45, 7) is 1.87. The van der Waals surface area contributed by atoms with Gasteiger partial charge in [-0.2, -0.15) is 0 Å². The molecule has 0 spiro atoms. The van der Waals surface area contributed by atoms with Crippen molar-refractivity contribution in [3.63, 3.8) is 0 Å². The SMILES string of the molecule is O=C(O)CCCNC(=O)N1CCC(c2c[nH]c3ccccc23)CC1. The lowest BCUT2D eigenvalue weighted by molar-refractivity contribution is -0.137. The molecule has 1 aromatic heterocycles. The Morgan fingerprint density at radius 3 is 2.75 bits per heavy atom. The van der Waals surface area contributed by atoms with Gasteiger partial charge in [-0.05, 0) is 36.8 Å². The number of hydrogen-bond donors (Lipinski definition) is 3. The van der Waals surface area contributed by atoms with E-state index in [-0.39, 0.29) is 12.5 Å². The predicted molar refractivity (Wildman–Crippen MR) is 92.1 cm³/mol. The summed E-state index contributed by atoms with van der Waals surface area (Å²) in [4.78, 5) is 27.7. The Kier molecular flexibility index (Phi) is 5.03. The van der Waals surface area contributed by atoms with E-state index in [9.17, 15) is 9.59 Å². The minimum absolute atomic E-state index is 0.0854. The molecule has 0 atom stereocenters. The smallest absolute Gasteiger partial charge is 0.317 e. The van der Waals surface area contributed by atoms with Crippen molar-refractivity contribution in [3.8, 4) is 0 Å². The van der Waals surface area contributed by atoms with Gasteiger partial charge in [0.05, 0.1) is 0 Å². The molecule has 0 aliphatic carbocycles. The van der Waals surface area contributed by atoms with Crippen molar-refractivity contribution in [3.05, 3.63) is 36.0 Å². The first-order valence-corrected chi connectivity index (χ1v) is 8.45. The van der Waals surface area contributed by atoms with Gasteiger partial charge in [-0.1, -0.05) is 18.2 Å². The lowest BCUT2D eigenvalue weighted by Gasteiger charge is -2.32. The molecule has 128 valence electrons. The molecule has 1 fully saturated rings. The highest BCUT2D eigenvalue weighted by Crippen LogP contribution is 2.32. The number of para-hydroxylation sites is 1. The van der Waals surface area contributed by atoms with Crippen LogP contribution in [-0.4, -0.2) is 46.6 Å². The van der Waals surface area contributed by atoms with E-state index in [1.165, 1.54) is 10.9 Å². The first kappa shape index (κ1) is 16.4. The Bertz CT molecular complexity index is 717. The molecule has 2 amide bonds. The molecule has 1 aliphatic rings. The van der Waals surface area contributed by atoms with Crippen LogP contribution in [0.4, 0.5) is 4.79 Å². The highest BCUT2D eigenvalue weighted by Gasteiger charge is 2.25. The lowest BCUT2D eigenvalue weighted by atomic mass is 9.89. The fraction of sp³-hybridized carbons (Fsp3) is 0.444. The highest BCUT2D eigenvalue weighted by atomic mass is 16.4. The minimum atomic E-state index is -0.830. The summed E-state index contributed by atoms with van der Waals surface area (Å²) in [5.41, 5.74) is 2.50. The van der Waals surface area contributed by atoms with E-state index in [0.717, 1.165) is 31.4 Å². The van der Waals surface area contributed by atoms with Crippen molar-refractivity contribution >= 4 is 22.9 Å². The number of carbonyl (C=O) groups is 2. The van der Waals surface area contributed by atoms with Crippen LogP contribution in [0.25, 0.3) is 10.9 Å². The first-order chi connectivity index (χ1) is 11.6. The van der Waals surface area contributed by atoms with Crippen LogP contribution in [0, 0.1) is 0 Å². The number of aromatic nitrogens is 1. The number of fused-ring (bicyclic) bond motifs is 1. The van der Waals surface area contributed by atoms with Crippen LogP contribution in [0.1, 0.15) is 37.2 Å². The molecule has 2 heterocycles. The number of rotatable bonds is 5. The third kappa shape index (κ3) is 3.69. The molecule has 1 saturated heterocycles. The Labute approximate surface area is 140 Å². The summed E-state index contributed by atoms with van der Waals surface area (Å²) in [6.07, 6.45) is 4.54. The molecule has 2 aromatic rings. The number of H-pyrrole nitrogens is 1. The van der Waals surface area contributed by atoms with Gasteiger partial charge in [-0.3, -0.25) is 4.79 Å². The molecule has 0 bridgehead atoms. The van der Waals surface area contributed by atoms with Crippen molar-refractivity contribution in [1.82, 2.24) is 15.2 Å². The number of aliphatic carboxylic acids is 1. The average molecular weight is 329 g/mol. The Morgan fingerprint density at radius 2 is 2.00 bits per heavy atom. The molecule has 24 heavy (non-hydrogen) atoms. The van der Waals surface area contributed by atoms with Gasteiger partial charge in [-0.25, -0.2) is 4.79 Å². The zero-order chi connectivity index (χ0) is 16.9. The van der Waals surface area contributed by atoms with Crippen LogP contribution in [0.3, 0.4) is 0 Å². The normalized spacial score (nSPS) is 15.6. The monoisotopic (exact) mass is 329 g/mol. The zero-order valence-corrected chi connectivity index (χ0v) is 13.6. The maximum absolute atomic E-state index is 12.1. The Hall–Kier alpha value is -2.50. The maximum atomic E-state index is 12.1. The number of amides is 2. The Balaban J connectivity index is 1.50. The second-order valence-electron chi connectivity index (χ2n) is 6.28. The molecule has 0 saturated carbocycles. The first-order valence-electron chi connectivity index (χ1n) is 8.45. The molecular weight excluding hydrogens is 306 g/mol. The minimum Gasteiger partial charge on any atom is -0.481 e. The summed E-state index contributed by atoms with van der Waals surface area (Å²) in [5.74, 6) is -0.360. The van der Waals surface area contributed by atoms with E-state index in [2.05, 4.69) is 34.7 Å². The van der Waals surface area contributed by atoms with Gasteiger partial charge in [0.25, 0.3) is 0 Å².